The van der Waals surface area contributed by atoms with Gasteiger partial charge < -0.3 is 10.4 Å². The first-order valence-corrected chi connectivity index (χ1v) is 5.99. The van der Waals surface area contributed by atoms with E-state index < -0.39 is 17.5 Å². The van der Waals surface area contributed by atoms with Crippen LogP contribution >= 0.6 is 0 Å². The van der Waals surface area contributed by atoms with Crippen molar-refractivity contribution in [1.82, 2.24) is 5.32 Å². The Hall–Kier alpha value is -2.43. The van der Waals surface area contributed by atoms with Crippen molar-refractivity contribution in [3.63, 3.8) is 0 Å². The lowest BCUT2D eigenvalue weighted by atomic mass is 10.1. The molecule has 0 fully saturated rings. The van der Waals surface area contributed by atoms with E-state index in [1.165, 1.54) is 6.07 Å². The lowest BCUT2D eigenvalue weighted by Gasteiger charge is -2.09. The first-order valence-electron chi connectivity index (χ1n) is 5.99. The molecule has 104 valence electrons. The molecular formula is C15H13F2NO2. The van der Waals surface area contributed by atoms with Crippen molar-refractivity contribution in [2.75, 3.05) is 0 Å². The van der Waals surface area contributed by atoms with E-state index in [0.29, 0.717) is 11.1 Å². The highest BCUT2D eigenvalue weighted by Crippen LogP contribution is 2.19. The Morgan fingerprint density at radius 1 is 1.25 bits per heavy atom. The van der Waals surface area contributed by atoms with Crippen LogP contribution in [-0.4, -0.2) is 11.0 Å². The largest absolute Gasteiger partial charge is 0.508 e. The minimum atomic E-state index is -0.584. The minimum Gasteiger partial charge on any atom is -0.508 e. The predicted molar refractivity (Wildman–Crippen MR) is 70.4 cm³/mol. The van der Waals surface area contributed by atoms with E-state index in [9.17, 15) is 18.7 Å². The minimum absolute atomic E-state index is 0.00888. The van der Waals surface area contributed by atoms with Gasteiger partial charge in [-0.2, -0.15) is 0 Å². The van der Waals surface area contributed by atoms with Crippen LogP contribution in [0.2, 0.25) is 0 Å². The molecule has 1 amide bonds. The van der Waals surface area contributed by atoms with Gasteiger partial charge in [-0.05, 0) is 37.3 Å². The zero-order valence-corrected chi connectivity index (χ0v) is 10.8. The molecule has 0 bridgehead atoms. The van der Waals surface area contributed by atoms with E-state index >= 15 is 0 Å². The van der Waals surface area contributed by atoms with Crippen molar-refractivity contribution < 1.29 is 18.7 Å². The first kappa shape index (κ1) is 14.0. The molecule has 0 aliphatic heterocycles. The Morgan fingerprint density at radius 3 is 2.75 bits per heavy atom. The van der Waals surface area contributed by atoms with Crippen molar-refractivity contribution in [3.8, 4) is 5.75 Å². The normalized spacial score (nSPS) is 10.3. The Kier molecular flexibility index (Phi) is 3.98. The van der Waals surface area contributed by atoms with Crippen LogP contribution in [0.5, 0.6) is 5.75 Å². The number of nitrogens with one attached hydrogen (secondary N) is 1. The number of carbonyl (C=O) groups is 1. The Morgan fingerprint density at radius 2 is 2.00 bits per heavy atom. The van der Waals surface area contributed by atoms with E-state index in [4.69, 9.17) is 0 Å². The zero-order valence-electron chi connectivity index (χ0n) is 10.8. The highest BCUT2D eigenvalue weighted by molar-refractivity contribution is 5.96. The maximum absolute atomic E-state index is 13.4. The number of aromatic hydroxyl groups is 1. The van der Waals surface area contributed by atoms with Crippen LogP contribution in [0.3, 0.4) is 0 Å². The smallest absolute Gasteiger partial charge is 0.251 e. The third kappa shape index (κ3) is 2.93. The fourth-order valence-electron chi connectivity index (χ4n) is 1.82. The van der Waals surface area contributed by atoms with E-state index in [1.54, 1.807) is 19.1 Å². The molecule has 2 rings (SSSR count). The quantitative estimate of drug-likeness (QED) is 0.906. The molecule has 0 radical (unpaired) electrons. The molecule has 2 aromatic rings. The molecule has 0 heterocycles. The van der Waals surface area contributed by atoms with Gasteiger partial charge in [0.05, 0.1) is 0 Å². The highest BCUT2D eigenvalue weighted by atomic mass is 19.1. The van der Waals surface area contributed by atoms with Crippen LogP contribution in [0.25, 0.3) is 0 Å². The molecule has 0 aliphatic rings. The van der Waals surface area contributed by atoms with E-state index in [0.717, 1.165) is 18.2 Å². The molecule has 2 N–H and O–H groups in total. The van der Waals surface area contributed by atoms with Gasteiger partial charge in [0, 0.05) is 23.2 Å². The fourth-order valence-corrected chi connectivity index (χ4v) is 1.82. The molecular weight excluding hydrogens is 264 g/mol. The molecule has 0 aromatic heterocycles. The van der Waals surface area contributed by atoms with Crippen molar-refractivity contribution in [1.29, 1.82) is 0 Å². The number of rotatable bonds is 3. The Bertz CT molecular complexity index is 656. The van der Waals surface area contributed by atoms with Crippen molar-refractivity contribution in [3.05, 3.63) is 64.7 Å². The number of hydrogen-bond acceptors (Lipinski definition) is 2. The average Bonchev–Trinajstić information content (AvgIpc) is 2.42. The van der Waals surface area contributed by atoms with Gasteiger partial charge in [-0.1, -0.05) is 6.07 Å². The number of benzene rings is 2. The Labute approximate surface area is 114 Å². The summed E-state index contributed by atoms with van der Waals surface area (Å²) in [5, 5.41) is 12.0. The summed E-state index contributed by atoms with van der Waals surface area (Å²) < 4.78 is 26.4. The lowest BCUT2D eigenvalue weighted by Crippen LogP contribution is -2.24. The van der Waals surface area contributed by atoms with Gasteiger partial charge >= 0.3 is 0 Å². The molecule has 20 heavy (non-hydrogen) atoms. The van der Waals surface area contributed by atoms with Crippen LogP contribution in [-0.2, 0) is 6.54 Å². The molecule has 0 saturated carbocycles. The molecule has 2 aromatic carbocycles. The number of hydrogen-bond donors (Lipinski definition) is 2. The number of amides is 1. The van der Waals surface area contributed by atoms with Crippen molar-refractivity contribution in [2.45, 2.75) is 13.5 Å². The number of phenols is 1. The summed E-state index contributed by atoms with van der Waals surface area (Å²) in [6.45, 7) is 1.48. The first-order chi connectivity index (χ1) is 9.49. The second-order valence-electron chi connectivity index (χ2n) is 4.37. The Balaban J connectivity index is 2.13. The topological polar surface area (TPSA) is 49.3 Å². The van der Waals surface area contributed by atoms with Crippen molar-refractivity contribution in [2.24, 2.45) is 0 Å². The second kappa shape index (κ2) is 5.69. The second-order valence-corrected chi connectivity index (χ2v) is 4.37. The molecule has 3 nitrogen and oxygen atoms in total. The third-order valence-electron chi connectivity index (χ3n) is 3.00. The van der Waals surface area contributed by atoms with Gasteiger partial charge in [0.1, 0.15) is 17.4 Å². The molecule has 0 aliphatic carbocycles. The average molecular weight is 277 g/mol. The van der Waals surface area contributed by atoms with Crippen LogP contribution in [0.15, 0.2) is 36.4 Å². The zero-order chi connectivity index (χ0) is 14.7. The number of phenolic OH excluding ortho intramolecular Hbond substituents is 1. The van der Waals surface area contributed by atoms with E-state index in [2.05, 4.69) is 5.32 Å². The highest BCUT2D eigenvalue weighted by Gasteiger charge is 2.12. The summed E-state index contributed by atoms with van der Waals surface area (Å²) in [5.41, 5.74) is 0.794. The number of carbonyl (C=O) groups excluding carboxylic acids is 1. The molecule has 5 heteroatoms. The molecule has 0 saturated heterocycles. The SMILES string of the molecule is Cc1c(O)cccc1C(=O)NCc1cc(F)ccc1F. The summed E-state index contributed by atoms with van der Waals surface area (Å²) in [4.78, 5) is 11.9. The maximum Gasteiger partial charge on any atom is 0.251 e. The van der Waals surface area contributed by atoms with Crippen LogP contribution in [0.4, 0.5) is 8.78 Å². The third-order valence-corrected chi connectivity index (χ3v) is 3.00. The van der Waals surface area contributed by atoms with Crippen LogP contribution in [0, 0.1) is 18.6 Å². The van der Waals surface area contributed by atoms with Crippen LogP contribution in [0.1, 0.15) is 21.5 Å². The van der Waals surface area contributed by atoms with Crippen molar-refractivity contribution >= 4 is 5.91 Å². The fraction of sp³-hybridized carbons (Fsp3) is 0.133. The molecule has 0 unspecified atom stereocenters. The van der Waals surface area contributed by atoms with Gasteiger partial charge in [-0.25, -0.2) is 8.78 Å². The standard InChI is InChI=1S/C15H13F2NO2/c1-9-12(3-2-4-14(9)19)15(20)18-8-10-7-11(16)5-6-13(10)17/h2-7,19H,8H2,1H3,(H,18,20). The lowest BCUT2D eigenvalue weighted by molar-refractivity contribution is 0.0949. The van der Waals surface area contributed by atoms with Gasteiger partial charge in [0.25, 0.3) is 5.91 Å². The summed E-state index contributed by atoms with van der Waals surface area (Å²) >= 11 is 0. The summed E-state index contributed by atoms with van der Waals surface area (Å²) in [6.07, 6.45) is 0. The van der Waals surface area contributed by atoms with E-state index in [1.807, 2.05) is 0 Å². The summed E-state index contributed by atoms with van der Waals surface area (Å²) in [6, 6.07) is 7.62. The monoisotopic (exact) mass is 277 g/mol. The van der Waals surface area contributed by atoms with Gasteiger partial charge in [0.15, 0.2) is 0 Å². The molecule has 0 spiro atoms. The van der Waals surface area contributed by atoms with Gasteiger partial charge in [0.2, 0.25) is 0 Å². The van der Waals surface area contributed by atoms with E-state index in [-0.39, 0.29) is 17.9 Å². The predicted octanol–water partition coefficient (Wildman–Crippen LogP) is 2.91. The maximum atomic E-state index is 13.4. The van der Waals surface area contributed by atoms with Crippen LogP contribution < -0.4 is 5.32 Å². The molecule has 0 atom stereocenters. The van der Waals surface area contributed by atoms with Gasteiger partial charge in [-0.3, -0.25) is 4.79 Å². The van der Waals surface area contributed by atoms with Gasteiger partial charge in [-0.15, -0.1) is 0 Å². The summed E-state index contributed by atoms with van der Waals surface area (Å²) in [5.74, 6) is -1.60. The summed E-state index contributed by atoms with van der Waals surface area (Å²) in [7, 11) is 0. The number of halogens is 2.